The van der Waals surface area contributed by atoms with E-state index in [9.17, 15) is 9.67 Å². The Morgan fingerprint density at radius 1 is 1.28 bits per heavy atom. The monoisotopic (exact) mass is 394 g/mol. The van der Waals surface area contributed by atoms with Crippen molar-refractivity contribution in [1.29, 1.82) is 0 Å². The van der Waals surface area contributed by atoms with Crippen LogP contribution in [0.25, 0.3) is 0 Å². The van der Waals surface area contributed by atoms with Crippen molar-refractivity contribution in [2.45, 2.75) is 89.6 Å². The zero-order chi connectivity index (χ0) is 19.5. The molecule has 1 aliphatic rings. The highest BCUT2D eigenvalue weighted by Gasteiger charge is 2.45. The van der Waals surface area contributed by atoms with E-state index >= 15 is 0 Å². The molecule has 25 heavy (non-hydrogen) atoms. The molecule has 1 N–H and O–H groups in total. The minimum atomic E-state index is -3.53. The summed E-state index contributed by atoms with van der Waals surface area (Å²) in [6.07, 6.45) is 0.688. The van der Waals surface area contributed by atoms with Gasteiger partial charge in [-0.05, 0) is 32.0 Å². The SMILES string of the molecule is B[C@@H]1O[C@H](CC(O)P(=O)(OCC)OCC)CC1O[Si](C)(C)C(C)(C)C. The van der Waals surface area contributed by atoms with Crippen molar-refractivity contribution in [3.05, 3.63) is 0 Å². The Morgan fingerprint density at radius 3 is 2.24 bits per heavy atom. The molecule has 1 aliphatic heterocycles. The van der Waals surface area contributed by atoms with Crippen LogP contribution in [-0.4, -0.2) is 58.5 Å². The van der Waals surface area contributed by atoms with Crippen molar-refractivity contribution in [1.82, 2.24) is 0 Å². The predicted molar refractivity (Wildman–Crippen MR) is 105 cm³/mol. The maximum atomic E-state index is 12.6. The molecule has 0 spiro atoms. The molecule has 148 valence electrons. The Hall–Kier alpha value is 0.312. The molecule has 6 nitrogen and oxygen atoms in total. The van der Waals surface area contributed by atoms with Crippen LogP contribution in [0, 0.1) is 0 Å². The van der Waals surface area contributed by atoms with E-state index in [4.69, 9.17) is 18.2 Å². The van der Waals surface area contributed by atoms with Crippen molar-refractivity contribution in [3.8, 4) is 0 Å². The second kappa shape index (κ2) is 9.00. The molecule has 0 saturated carbocycles. The molecule has 0 aliphatic carbocycles. The quantitative estimate of drug-likeness (QED) is 0.479. The van der Waals surface area contributed by atoms with Gasteiger partial charge in [-0.1, -0.05) is 20.8 Å². The average Bonchev–Trinajstić information content (AvgIpc) is 2.77. The van der Waals surface area contributed by atoms with Gasteiger partial charge >= 0.3 is 7.60 Å². The summed E-state index contributed by atoms with van der Waals surface area (Å²) < 4.78 is 35.5. The smallest absolute Gasteiger partial charge is 0.358 e. The van der Waals surface area contributed by atoms with Gasteiger partial charge in [0.1, 0.15) is 7.85 Å². The largest absolute Gasteiger partial charge is 0.412 e. The molecule has 1 saturated heterocycles. The molecule has 2 unspecified atom stereocenters. The van der Waals surface area contributed by atoms with Gasteiger partial charge < -0.3 is 23.3 Å². The van der Waals surface area contributed by atoms with Crippen LogP contribution >= 0.6 is 7.60 Å². The summed E-state index contributed by atoms with van der Waals surface area (Å²) in [7, 11) is -3.42. The molecule has 0 aromatic carbocycles. The van der Waals surface area contributed by atoms with Gasteiger partial charge in [-0.2, -0.15) is 0 Å². The molecule has 1 heterocycles. The van der Waals surface area contributed by atoms with E-state index in [1.54, 1.807) is 13.8 Å². The van der Waals surface area contributed by atoms with Gasteiger partial charge in [0.05, 0.1) is 25.4 Å². The minimum Gasteiger partial charge on any atom is -0.412 e. The number of rotatable bonds is 9. The lowest BCUT2D eigenvalue weighted by molar-refractivity contribution is 0.0380. The summed E-state index contributed by atoms with van der Waals surface area (Å²) in [4.78, 5) is 0. The number of hydrogen-bond acceptors (Lipinski definition) is 6. The number of aliphatic hydroxyl groups is 1. The van der Waals surface area contributed by atoms with Crippen LogP contribution in [0.3, 0.4) is 0 Å². The maximum Gasteiger partial charge on any atom is 0.358 e. The fourth-order valence-corrected chi connectivity index (χ4v) is 5.71. The Labute approximate surface area is 155 Å². The zero-order valence-corrected chi connectivity index (χ0v) is 19.0. The molecule has 1 rings (SSSR count). The molecular formula is C16H36BO6PSi. The normalized spacial score (nSPS) is 26.8. The summed E-state index contributed by atoms with van der Waals surface area (Å²) in [5, 5.41) is 10.5. The van der Waals surface area contributed by atoms with Crippen molar-refractivity contribution >= 4 is 23.8 Å². The highest BCUT2D eigenvalue weighted by atomic mass is 31.2. The Balaban J connectivity index is 2.70. The highest BCUT2D eigenvalue weighted by molar-refractivity contribution is 7.54. The summed E-state index contributed by atoms with van der Waals surface area (Å²) in [5.41, 5.74) is 0. The van der Waals surface area contributed by atoms with Crippen LogP contribution < -0.4 is 0 Å². The Morgan fingerprint density at radius 2 is 1.80 bits per heavy atom. The zero-order valence-electron chi connectivity index (χ0n) is 17.1. The van der Waals surface area contributed by atoms with Crippen LogP contribution in [0.4, 0.5) is 0 Å². The van der Waals surface area contributed by atoms with E-state index in [1.807, 2.05) is 7.85 Å². The first-order chi connectivity index (χ1) is 11.4. The Kier molecular flexibility index (Phi) is 8.41. The predicted octanol–water partition coefficient (Wildman–Crippen LogP) is 3.10. The van der Waals surface area contributed by atoms with Crippen molar-refractivity contribution in [2.75, 3.05) is 13.2 Å². The van der Waals surface area contributed by atoms with E-state index in [-0.39, 0.29) is 42.9 Å². The van der Waals surface area contributed by atoms with Crippen LogP contribution in [0.2, 0.25) is 18.1 Å². The van der Waals surface area contributed by atoms with Crippen molar-refractivity contribution < 1.29 is 27.9 Å². The lowest BCUT2D eigenvalue weighted by atomic mass is 9.94. The molecule has 4 atom stereocenters. The van der Waals surface area contributed by atoms with Gasteiger partial charge in [-0.25, -0.2) is 0 Å². The summed E-state index contributed by atoms with van der Waals surface area (Å²) >= 11 is 0. The van der Waals surface area contributed by atoms with Gasteiger partial charge in [0.2, 0.25) is 0 Å². The lowest BCUT2D eigenvalue weighted by Crippen LogP contribution is -2.46. The molecule has 9 heteroatoms. The lowest BCUT2D eigenvalue weighted by Gasteiger charge is -2.39. The van der Waals surface area contributed by atoms with Gasteiger partial charge in [0.15, 0.2) is 14.2 Å². The van der Waals surface area contributed by atoms with Crippen LogP contribution in [0.1, 0.15) is 47.5 Å². The third kappa shape index (κ3) is 6.16. The fraction of sp³-hybridized carbons (Fsp3) is 1.00. The second-order valence-corrected chi connectivity index (χ2v) is 15.2. The average molecular weight is 394 g/mol. The summed E-state index contributed by atoms with van der Waals surface area (Å²) in [6, 6.07) is -0.0510. The first kappa shape index (κ1) is 23.4. The van der Waals surface area contributed by atoms with Crippen LogP contribution in [-0.2, 0) is 22.8 Å². The molecular weight excluding hydrogens is 358 g/mol. The van der Waals surface area contributed by atoms with Gasteiger partial charge in [-0.3, -0.25) is 4.57 Å². The standard InChI is InChI=1S/C16H36BO6PSi/c1-8-20-24(19,21-9-2)14(18)11-12-10-13(15(17)22-12)23-25(6,7)16(3,4)5/h12-15,18H,8-11,17H2,1-7H3/t12-,13?,14?,15+/m0/s1. The number of ether oxygens (including phenoxy) is 1. The van der Waals surface area contributed by atoms with E-state index in [0.717, 1.165) is 0 Å². The third-order valence-corrected chi connectivity index (χ3v) is 11.8. The molecule has 1 fully saturated rings. The van der Waals surface area contributed by atoms with Gasteiger partial charge in [0, 0.05) is 18.8 Å². The number of aliphatic hydroxyl groups excluding tert-OH is 1. The molecule has 0 aromatic rings. The van der Waals surface area contributed by atoms with E-state index in [2.05, 4.69) is 33.9 Å². The summed E-state index contributed by atoms with van der Waals surface area (Å²) in [6.45, 7) is 15.0. The second-order valence-electron chi connectivity index (χ2n) is 8.21. The van der Waals surface area contributed by atoms with E-state index < -0.39 is 21.8 Å². The third-order valence-electron chi connectivity index (χ3n) is 5.13. The van der Waals surface area contributed by atoms with E-state index in [0.29, 0.717) is 6.42 Å². The maximum absolute atomic E-state index is 12.6. The topological polar surface area (TPSA) is 74.2 Å². The summed E-state index contributed by atoms with van der Waals surface area (Å²) in [5.74, 6) is -1.18. The first-order valence-electron chi connectivity index (χ1n) is 9.26. The molecule has 0 aromatic heterocycles. The van der Waals surface area contributed by atoms with Crippen molar-refractivity contribution in [2.24, 2.45) is 0 Å². The fourth-order valence-electron chi connectivity index (χ4n) is 2.68. The van der Waals surface area contributed by atoms with Crippen LogP contribution in [0.5, 0.6) is 0 Å². The Bertz CT molecular complexity index is 460. The molecule has 0 radical (unpaired) electrons. The highest BCUT2D eigenvalue weighted by Crippen LogP contribution is 2.54. The molecule has 0 amide bonds. The minimum absolute atomic E-state index is 0.00309. The van der Waals surface area contributed by atoms with Gasteiger partial charge in [0.25, 0.3) is 0 Å². The number of hydrogen-bond donors (Lipinski definition) is 1. The van der Waals surface area contributed by atoms with Gasteiger partial charge in [-0.15, -0.1) is 0 Å². The van der Waals surface area contributed by atoms with Crippen molar-refractivity contribution in [3.63, 3.8) is 0 Å². The van der Waals surface area contributed by atoms with Crippen LogP contribution in [0.15, 0.2) is 0 Å². The molecule has 0 bridgehead atoms. The first-order valence-corrected chi connectivity index (χ1v) is 13.8. The van der Waals surface area contributed by atoms with E-state index in [1.165, 1.54) is 0 Å².